The van der Waals surface area contributed by atoms with E-state index in [0.717, 1.165) is 5.56 Å². The molecule has 0 radical (unpaired) electrons. The van der Waals surface area contributed by atoms with Crippen molar-refractivity contribution in [1.82, 2.24) is 9.97 Å². The van der Waals surface area contributed by atoms with Gasteiger partial charge in [-0.2, -0.15) is 4.98 Å². The van der Waals surface area contributed by atoms with Crippen LogP contribution in [0.25, 0.3) is 0 Å². The van der Waals surface area contributed by atoms with Crippen LogP contribution in [0.1, 0.15) is 18.2 Å². The molecular formula is C13H13ClN4O3. The van der Waals surface area contributed by atoms with Crippen LogP contribution in [-0.4, -0.2) is 14.9 Å². The van der Waals surface area contributed by atoms with Gasteiger partial charge in [-0.3, -0.25) is 10.1 Å². The highest BCUT2D eigenvalue weighted by Gasteiger charge is 2.23. The molecule has 21 heavy (non-hydrogen) atoms. The monoisotopic (exact) mass is 308 g/mol. The third-order valence-electron chi connectivity index (χ3n) is 2.84. The minimum Gasteiger partial charge on any atom is -0.434 e. The quantitative estimate of drug-likeness (QED) is 0.686. The fraction of sp³-hybridized carbons (Fsp3) is 0.231. The maximum Gasteiger partial charge on any atom is 0.352 e. The van der Waals surface area contributed by atoms with Gasteiger partial charge in [0.15, 0.2) is 0 Å². The van der Waals surface area contributed by atoms with Crippen molar-refractivity contribution >= 4 is 23.2 Å². The number of nitrogens with two attached hydrogens (primary N) is 1. The lowest BCUT2D eigenvalue weighted by Gasteiger charge is -2.09. The van der Waals surface area contributed by atoms with Crippen LogP contribution in [0.5, 0.6) is 11.6 Å². The summed E-state index contributed by atoms with van der Waals surface area (Å²) in [4.78, 5) is 18.1. The van der Waals surface area contributed by atoms with E-state index in [1.54, 1.807) is 18.2 Å². The predicted octanol–water partition coefficient (Wildman–Crippen LogP) is 3.28. The Morgan fingerprint density at radius 3 is 2.76 bits per heavy atom. The van der Waals surface area contributed by atoms with Gasteiger partial charge in [-0.05, 0) is 37.1 Å². The van der Waals surface area contributed by atoms with Crippen molar-refractivity contribution in [3.05, 3.63) is 44.6 Å². The van der Waals surface area contributed by atoms with E-state index in [1.165, 1.54) is 6.92 Å². The molecule has 8 heteroatoms. The van der Waals surface area contributed by atoms with Gasteiger partial charge >= 0.3 is 11.6 Å². The summed E-state index contributed by atoms with van der Waals surface area (Å²) in [7, 11) is 0. The molecular weight excluding hydrogens is 296 g/mol. The Morgan fingerprint density at radius 1 is 1.43 bits per heavy atom. The molecule has 110 valence electrons. The first-order valence-corrected chi connectivity index (χ1v) is 6.55. The summed E-state index contributed by atoms with van der Waals surface area (Å²) in [6.45, 7) is 3.42. The van der Waals surface area contributed by atoms with E-state index in [4.69, 9.17) is 22.1 Å². The minimum absolute atomic E-state index is 0.0854. The number of rotatable bonds is 4. The molecule has 2 aromatic rings. The molecule has 1 aromatic carbocycles. The van der Waals surface area contributed by atoms with E-state index < -0.39 is 4.92 Å². The minimum atomic E-state index is -0.596. The molecule has 0 fully saturated rings. The van der Waals surface area contributed by atoms with Crippen molar-refractivity contribution in [3.8, 4) is 11.6 Å². The SMILES string of the molecule is CCc1cc(Oc2nc(N)nc(C)c2[N+](=O)[O-])ccc1Cl. The molecule has 1 heterocycles. The summed E-state index contributed by atoms with van der Waals surface area (Å²) in [6, 6.07) is 4.98. The highest BCUT2D eigenvalue weighted by Crippen LogP contribution is 2.33. The van der Waals surface area contributed by atoms with Gasteiger partial charge in [-0.1, -0.05) is 18.5 Å². The van der Waals surface area contributed by atoms with Crippen LogP contribution in [0.4, 0.5) is 11.6 Å². The van der Waals surface area contributed by atoms with Gasteiger partial charge in [0.1, 0.15) is 11.4 Å². The van der Waals surface area contributed by atoms with Gasteiger partial charge in [0, 0.05) is 5.02 Å². The summed E-state index contributed by atoms with van der Waals surface area (Å²) in [6.07, 6.45) is 0.711. The fourth-order valence-electron chi connectivity index (χ4n) is 1.84. The van der Waals surface area contributed by atoms with Crippen molar-refractivity contribution in [2.24, 2.45) is 0 Å². The van der Waals surface area contributed by atoms with Crippen LogP contribution in [0.3, 0.4) is 0 Å². The van der Waals surface area contributed by atoms with Gasteiger partial charge in [-0.15, -0.1) is 0 Å². The Kier molecular flexibility index (Phi) is 4.23. The normalized spacial score (nSPS) is 10.4. The van der Waals surface area contributed by atoms with Crippen LogP contribution >= 0.6 is 11.6 Å². The lowest BCUT2D eigenvalue weighted by Crippen LogP contribution is -2.04. The van der Waals surface area contributed by atoms with Crippen molar-refractivity contribution in [3.63, 3.8) is 0 Å². The standard InChI is InChI=1S/C13H13ClN4O3/c1-3-8-6-9(4-5-10(8)14)21-12-11(18(19)20)7(2)16-13(15)17-12/h4-6H,3H2,1-2H3,(H2,15,16,17). The molecule has 0 saturated heterocycles. The summed E-state index contributed by atoms with van der Waals surface area (Å²) >= 11 is 6.02. The van der Waals surface area contributed by atoms with E-state index in [1.807, 2.05) is 6.92 Å². The Hall–Kier alpha value is -2.41. The molecule has 0 unspecified atom stereocenters. The molecule has 0 bridgehead atoms. The lowest BCUT2D eigenvalue weighted by atomic mass is 10.1. The van der Waals surface area contributed by atoms with E-state index in [-0.39, 0.29) is 23.2 Å². The summed E-state index contributed by atoms with van der Waals surface area (Å²) in [5.74, 6) is 0.129. The molecule has 0 aliphatic carbocycles. The number of nitrogens with zero attached hydrogens (tertiary/aromatic N) is 3. The Morgan fingerprint density at radius 2 is 2.14 bits per heavy atom. The maximum absolute atomic E-state index is 11.1. The Labute approximate surface area is 125 Å². The Bertz CT molecular complexity index is 706. The second-order valence-electron chi connectivity index (χ2n) is 4.29. The molecule has 0 spiro atoms. The number of hydrogen-bond donors (Lipinski definition) is 1. The van der Waals surface area contributed by atoms with Crippen LogP contribution in [0.2, 0.25) is 5.02 Å². The predicted molar refractivity (Wildman–Crippen MR) is 78.7 cm³/mol. The van der Waals surface area contributed by atoms with Crippen molar-refractivity contribution in [2.75, 3.05) is 5.73 Å². The first-order valence-electron chi connectivity index (χ1n) is 6.17. The van der Waals surface area contributed by atoms with Crippen LogP contribution in [0.15, 0.2) is 18.2 Å². The number of hydrogen-bond acceptors (Lipinski definition) is 6. The fourth-order valence-corrected chi connectivity index (χ4v) is 2.09. The second kappa shape index (κ2) is 5.92. The molecule has 2 N–H and O–H groups in total. The number of ether oxygens (including phenoxy) is 1. The van der Waals surface area contributed by atoms with Gasteiger partial charge < -0.3 is 10.5 Å². The molecule has 0 aliphatic heterocycles. The van der Waals surface area contributed by atoms with Crippen LogP contribution < -0.4 is 10.5 Å². The first-order chi connectivity index (χ1) is 9.92. The Balaban J connectivity index is 2.46. The molecule has 0 saturated carbocycles. The average Bonchev–Trinajstić information content (AvgIpc) is 2.39. The number of halogens is 1. The highest BCUT2D eigenvalue weighted by atomic mass is 35.5. The van der Waals surface area contributed by atoms with Crippen LogP contribution in [-0.2, 0) is 6.42 Å². The maximum atomic E-state index is 11.1. The van der Waals surface area contributed by atoms with E-state index in [0.29, 0.717) is 17.2 Å². The lowest BCUT2D eigenvalue weighted by molar-refractivity contribution is -0.386. The summed E-state index contributed by atoms with van der Waals surface area (Å²) in [5.41, 5.74) is 6.22. The smallest absolute Gasteiger partial charge is 0.352 e. The second-order valence-corrected chi connectivity index (χ2v) is 4.69. The molecule has 0 aliphatic rings. The zero-order valence-corrected chi connectivity index (χ0v) is 12.2. The number of benzene rings is 1. The van der Waals surface area contributed by atoms with E-state index >= 15 is 0 Å². The van der Waals surface area contributed by atoms with Crippen molar-refractivity contribution < 1.29 is 9.66 Å². The van der Waals surface area contributed by atoms with Gasteiger partial charge in [0.2, 0.25) is 5.95 Å². The average molecular weight is 309 g/mol. The van der Waals surface area contributed by atoms with Gasteiger partial charge in [-0.25, -0.2) is 4.98 Å². The summed E-state index contributed by atoms with van der Waals surface area (Å²) in [5, 5.41) is 11.7. The molecule has 0 atom stereocenters. The molecule has 7 nitrogen and oxygen atoms in total. The van der Waals surface area contributed by atoms with E-state index in [2.05, 4.69) is 9.97 Å². The zero-order chi connectivity index (χ0) is 15.6. The third kappa shape index (κ3) is 3.19. The topological polar surface area (TPSA) is 104 Å². The number of aromatic nitrogens is 2. The van der Waals surface area contributed by atoms with Crippen LogP contribution in [0, 0.1) is 17.0 Å². The first kappa shape index (κ1) is 15.0. The number of aryl methyl sites for hydroxylation is 2. The largest absolute Gasteiger partial charge is 0.434 e. The van der Waals surface area contributed by atoms with Crippen molar-refractivity contribution in [2.45, 2.75) is 20.3 Å². The van der Waals surface area contributed by atoms with Gasteiger partial charge in [0.05, 0.1) is 4.92 Å². The van der Waals surface area contributed by atoms with Crippen molar-refractivity contribution in [1.29, 1.82) is 0 Å². The zero-order valence-electron chi connectivity index (χ0n) is 11.5. The number of anilines is 1. The number of nitrogen functional groups attached to an aromatic ring is 1. The molecule has 1 aromatic heterocycles. The summed E-state index contributed by atoms with van der Waals surface area (Å²) < 4.78 is 5.50. The molecule has 0 amide bonds. The number of nitro groups is 1. The molecule has 2 rings (SSSR count). The van der Waals surface area contributed by atoms with Gasteiger partial charge in [0.25, 0.3) is 0 Å². The third-order valence-corrected chi connectivity index (χ3v) is 3.21. The van der Waals surface area contributed by atoms with E-state index in [9.17, 15) is 10.1 Å². The highest BCUT2D eigenvalue weighted by molar-refractivity contribution is 6.31.